The average molecular weight is 323 g/mol. The van der Waals surface area contributed by atoms with Crippen LogP contribution in [0.3, 0.4) is 0 Å². The Morgan fingerprint density at radius 2 is 1.91 bits per heavy atom. The van der Waals surface area contributed by atoms with Gasteiger partial charge in [-0.1, -0.05) is 0 Å². The number of amides is 1. The van der Waals surface area contributed by atoms with E-state index in [1.165, 1.54) is 11.3 Å². The van der Waals surface area contributed by atoms with Gasteiger partial charge in [0.05, 0.1) is 5.69 Å². The van der Waals surface area contributed by atoms with Crippen molar-refractivity contribution in [1.29, 1.82) is 0 Å². The maximum atomic E-state index is 12.3. The van der Waals surface area contributed by atoms with Crippen LogP contribution in [0.2, 0.25) is 0 Å². The number of thiazole rings is 1. The van der Waals surface area contributed by atoms with Gasteiger partial charge in [-0.2, -0.15) is 4.98 Å². The molecule has 4 aromatic rings. The normalized spacial score (nSPS) is 11.0. The van der Waals surface area contributed by atoms with Crippen LogP contribution in [0.5, 0.6) is 0 Å². The van der Waals surface area contributed by atoms with Crippen molar-refractivity contribution in [2.45, 2.75) is 6.92 Å². The van der Waals surface area contributed by atoms with Crippen molar-refractivity contribution in [2.24, 2.45) is 0 Å². The molecule has 1 aromatic carbocycles. The Morgan fingerprint density at radius 1 is 1.17 bits per heavy atom. The van der Waals surface area contributed by atoms with Crippen molar-refractivity contribution in [3.05, 3.63) is 65.4 Å². The lowest BCUT2D eigenvalue weighted by molar-refractivity contribution is 0.102. The van der Waals surface area contributed by atoms with E-state index in [9.17, 15) is 4.79 Å². The quantitative estimate of drug-likeness (QED) is 0.630. The molecule has 0 fully saturated rings. The number of carbonyl (C=O) groups excluding carboxylic acids is 1. The Balaban J connectivity index is 1.54. The van der Waals surface area contributed by atoms with Gasteiger partial charge in [0.15, 0.2) is 0 Å². The Bertz CT molecular complexity index is 966. The Labute approximate surface area is 136 Å². The molecule has 0 atom stereocenters. The predicted molar refractivity (Wildman–Crippen MR) is 89.3 cm³/mol. The first-order valence-electron chi connectivity index (χ1n) is 7.06. The summed E-state index contributed by atoms with van der Waals surface area (Å²) in [6.45, 7) is 1.95. The molecule has 3 aromatic heterocycles. The number of anilines is 1. The number of aryl methyl sites for hydroxylation is 1. The Kier molecular flexibility index (Phi) is 3.20. The monoisotopic (exact) mass is 323 g/mol. The molecule has 1 amide bonds. The Morgan fingerprint density at radius 3 is 2.61 bits per heavy atom. The lowest BCUT2D eigenvalue weighted by Gasteiger charge is -2.05. The summed E-state index contributed by atoms with van der Waals surface area (Å²) in [5.41, 5.74) is 2.56. The van der Waals surface area contributed by atoms with Crippen molar-refractivity contribution in [3.63, 3.8) is 0 Å². The summed E-state index contributed by atoms with van der Waals surface area (Å²) in [6.07, 6.45) is 3.92. The van der Waals surface area contributed by atoms with Gasteiger partial charge in [-0.05, 0) is 43.3 Å². The molecular formula is C16H13N5OS. The molecule has 3 heterocycles. The molecule has 0 saturated carbocycles. The molecule has 4 rings (SSSR count). The number of benzene rings is 1. The van der Waals surface area contributed by atoms with Gasteiger partial charge in [-0.3, -0.25) is 10.1 Å². The van der Waals surface area contributed by atoms with Crippen molar-refractivity contribution >= 4 is 28.2 Å². The zero-order valence-electron chi connectivity index (χ0n) is 12.3. The van der Waals surface area contributed by atoms with Crippen molar-refractivity contribution in [2.75, 3.05) is 5.32 Å². The second-order valence-electron chi connectivity index (χ2n) is 5.10. The maximum absolute atomic E-state index is 12.3. The van der Waals surface area contributed by atoms with Gasteiger partial charge in [-0.15, -0.1) is 16.4 Å². The zero-order chi connectivity index (χ0) is 15.8. The van der Waals surface area contributed by atoms with Crippen molar-refractivity contribution < 1.29 is 4.79 Å². The van der Waals surface area contributed by atoms with E-state index in [0.29, 0.717) is 11.5 Å². The molecule has 0 radical (unpaired) electrons. The van der Waals surface area contributed by atoms with E-state index in [4.69, 9.17) is 0 Å². The summed E-state index contributed by atoms with van der Waals surface area (Å²) < 4.78 is 3.70. The molecule has 0 bridgehead atoms. The summed E-state index contributed by atoms with van der Waals surface area (Å²) in [4.78, 5) is 17.3. The molecule has 23 heavy (non-hydrogen) atoms. The molecule has 0 spiro atoms. The van der Waals surface area contributed by atoms with Gasteiger partial charge in [0, 0.05) is 29.0 Å². The summed E-state index contributed by atoms with van der Waals surface area (Å²) in [5.74, 6) is 0.0967. The molecule has 0 aliphatic heterocycles. The molecule has 0 aliphatic carbocycles. The number of nitrogens with zero attached hydrogens (tertiary/aromatic N) is 4. The highest BCUT2D eigenvalue weighted by Gasteiger charge is 2.12. The highest BCUT2D eigenvalue weighted by molar-refractivity contribution is 7.15. The fraction of sp³-hybridized carbons (Fsp3) is 0.0625. The second-order valence-corrected chi connectivity index (χ2v) is 5.93. The molecule has 0 saturated heterocycles. The van der Waals surface area contributed by atoms with Crippen molar-refractivity contribution in [1.82, 2.24) is 19.2 Å². The zero-order valence-corrected chi connectivity index (χ0v) is 13.1. The number of nitrogens with one attached hydrogen (secondary N) is 1. The van der Waals surface area contributed by atoms with Gasteiger partial charge in [0.25, 0.3) is 11.9 Å². The van der Waals surface area contributed by atoms with Crippen LogP contribution in [0.4, 0.5) is 5.95 Å². The van der Waals surface area contributed by atoms with E-state index < -0.39 is 0 Å². The van der Waals surface area contributed by atoms with Gasteiger partial charge in [-0.25, -0.2) is 4.52 Å². The van der Waals surface area contributed by atoms with Crippen LogP contribution in [0, 0.1) is 6.92 Å². The lowest BCUT2D eigenvalue weighted by atomic mass is 10.2. The topological polar surface area (TPSA) is 64.2 Å². The third-order valence-electron chi connectivity index (χ3n) is 3.50. The van der Waals surface area contributed by atoms with Crippen LogP contribution in [0.1, 0.15) is 16.1 Å². The smallest absolute Gasteiger partial charge is 0.258 e. The molecule has 0 aliphatic rings. The molecular weight excluding hydrogens is 310 g/mol. The first-order valence-corrected chi connectivity index (χ1v) is 7.94. The van der Waals surface area contributed by atoms with Crippen LogP contribution in [0.15, 0.2) is 54.2 Å². The van der Waals surface area contributed by atoms with Crippen LogP contribution in [0.25, 0.3) is 10.6 Å². The lowest BCUT2D eigenvalue weighted by Crippen LogP contribution is -2.13. The minimum atomic E-state index is -0.222. The number of aromatic nitrogens is 4. The molecule has 114 valence electrons. The standard InChI is InChI=1S/C16H13N5OS/c1-11-10-23-16-18-15(19-21(11)16)17-14(22)12-4-6-13(7-5-12)20-8-2-3-9-20/h2-10H,1H3,(H,17,19,22). The van der Waals surface area contributed by atoms with E-state index in [0.717, 1.165) is 16.3 Å². The summed E-state index contributed by atoms with van der Waals surface area (Å²) in [7, 11) is 0. The van der Waals surface area contributed by atoms with Crippen LogP contribution < -0.4 is 5.32 Å². The summed E-state index contributed by atoms with van der Waals surface area (Å²) in [5, 5.41) is 8.98. The van der Waals surface area contributed by atoms with E-state index in [1.54, 1.807) is 16.6 Å². The first kappa shape index (κ1) is 13.7. The highest BCUT2D eigenvalue weighted by Crippen LogP contribution is 2.16. The number of carbonyl (C=O) groups is 1. The van der Waals surface area contributed by atoms with Crippen molar-refractivity contribution in [3.8, 4) is 5.69 Å². The van der Waals surface area contributed by atoms with Gasteiger partial charge in [0.2, 0.25) is 4.96 Å². The van der Waals surface area contributed by atoms with Gasteiger partial charge < -0.3 is 4.57 Å². The number of hydrogen-bond donors (Lipinski definition) is 1. The second kappa shape index (κ2) is 5.36. The van der Waals surface area contributed by atoms with E-state index in [2.05, 4.69) is 15.4 Å². The van der Waals surface area contributed by atoms with Crippen LogP contribution >= 0.6 is 11.3 Å². The first-order chi connectivity index (χ1) is 11.2. The van der Waals surface area contributed by atoms with Crippen LogP contribution in [-0.4, -0.2) is 25.1 Å². The fourth-order valence-electron chi connectivity index (χ4n) is 2.31. The molecule has 1 N–H and O–H groups in total. The van der Waals surface area contributed by atoms with Gasteiger partial charge in [0.1, 0.15) is 0 Å². The number of hydrogen-bond acceptors (Lipinski definition) is 4. The summed E-state index contributed by atoms with van der Waals surface area (Å²) >= 11 is 1.49. The minimum Gasteiger partial charge on any atom is -0.324 e. The fourth-order valence-corrected chi connectivity index (χ4v) is 3.11. The van der Waals surface area contributed by atoms with E-state index >= 15 is 0 Å². The maximum Gasteiger partial charge on any atom is 0.258 e. The third kappa shape index (κ3) is 2.51. The largest absolute Gasteiger partial charge is 0.324 e. The molecule has 7 heteroatoms. The van der Waals surface area contributed by atoms with E-state index in [-0.39, 0.29) is 5.91 Å². The third-order valence-corrected chi connectivity index (χ3v) is 4.44. The molecule has 0 unspecified atom stereocenters. The predicted octanol–water partition coefficient (Wildman–Crippen LogP) is 3.14. The SMILES string of the molecule is Cc1csc2nc(NC(=O)c3ccc(-n4cccc4)cc3)nn12. The number of fused-ring (bicyclic) bond motifs is 1. The van der Waals surface area contributed by atoms with E-state index in [1.807, 2.05) is 53.5 Å². The molecule has 6 nitrogen and oxygen atoms in total. The highest BCUT2D eigenvalue weighted by atomic mass is 32.1. The van der Waals surface area contributed by atoms with Crippen LogP contribution in [-0.2, 0) is 0 Å². The number of rotatable bonds is 3. The average Bonchev–Trinajstić information content (AvgIpc) is 3.27. The minimum absolute atomic E-state index is 0.222. The Hall–Kier alpha value is -2.93. The summed E-state index contributed by atoms with van der Waals surface area (Å²) in [6, 6.07) is 11.3. The van der Waals surface area contributed by atoms with Gasteiger partial charge >= 0.3 is 0 Å².